The number of rotatable bonds is 2. The molecule has 10 atom stereocenters. The molecule has 4 aromatic heterocycles. The second-order valence-corrected chi connectivity index (χ2v) is 15.5. The highest BCUT2D eigenvalue weighted by atomic mass is 32.5. The van der Waals surface area contributed by atoms with Crippen molar-refractivity contribution in [3.8, 4) is 0 Å². The van der Waals surface area contributed by atoms with Crippen LogP contribution in [0.1, 0.15) is 12.5 Å². The molecule has 4 aromatic rings. The topological polar surface area (TPSA) is 255 Å². The molecule has 3 saturated heterocycles. The Morgan fingerprint density at radius 1 is 0.773 bits per heavy atom. The molecule has 44 heavy (non-hydrogen) atoms. The molecule has 24 heteroatoms. The SMILES string of the molecule is Nc1ncnc2c1ncn2[C@@H]1O[C@@H]2COP(O)(=S)O[C@@H]3C(O)[C@@H](COP(O)(=S)O[C@H]2[C@H]1F)O[C@H]3n1cnc2c(N)ncnc21. The Morgan fingerprint density at radius 2 is 1.27 bits per heavy atom. The largest absolute Gasteiger partial charge is 0.387 e. The minimum atomic E-state index is -4.22. The first-order valence-corrected chi connectivity index (χ1v) is 17.9. The van der Waals surface area contributed by atoms with Crippen LogP contribution in [-0.2, 0) is 51.2 Å². The average Bonchev–Trinajstić information content (AvgIpc) is 3.73. The van der Waals surface area contributed by atoms with E-state index in [1.165, 1.54) is 34.4 Å². The van der Waals surface area contributed by atoms with E-state index >= 15 is 4.39 Å². The van der Waals surface area contributed by atoms with Gasteiger partial charge >= 0.3 is 13.4 Å². The van der Waals surface area contributed by atoms with Crippen LogP contribution < -0.4 is 11.5 Å². The monoisotopic (exact) mass is 692 g/mol. The van der Waals surface area contributed by atoms with Crippen LogP contribution in [-0.4, -0.2) is 104 Å². The Labute approximate surface area is 255 Å². The van der Waals surface area contributed by atoms with Crippen molar-refractivity contribution >= 4 is 71.0 Å². The zero-order valence-corrected chi connectivity index (χ0v) is 25.4. The molecule has 3 unspecified atom stereocenters. The molecule has 0 aliphatic carbocycles. The summed E-state index contributed by atoms with van der Waals surface area (Å²) in [5.74, 6) is 0.161. The molecule has 0 radical (unpaired) electrons. The number of nitrogens with zero attached hydrogens (tertiary/aromatic N) is 8. The van der Waals surface area contributed by atoms with E-state index in [9.17, 15) is 14.9 Å². The molecule has 0 aromatic carbocycles. The predicted molar refractivity (Wildman–Crippen MR) is 153 cm³/mol. The van der Waals surface area contributed by atoms with E-state index in [2.05, 4.69) is 29.9 Å². The number of ether oxygens (including phenoxy) is 2. The lowest BCUT2D eigenvalue weighted by molar-refractivity contribution is -0.0602. The first kappa shape index (κ1) is 30.2. The Morgan fingerprint density at radius 3 is 1.86 bits per heavy atom. The number of nitrogens with two attached hydrogens (primary N) is 2. The number of hydrogen-bond donors (Lipinski definition) is 5. The summed E-state index contributed by atoms with van der Waals surface area (Å²) >= 11 is 10.4. The van der Waals surface area contributed by atoms with E-state index in [1.807, 2.05) is 0 Å². The van der Waals surface area contributed by atoms with Gasteiger partial charge in [-0.05, 0) is 23.6 Å². The number of halogens is 1. The van der Waals surface area contributed by atoms with Crippen LogP contribution in [0.25, 0.3) is 22.3 Å². The quantitative estimate of drug-likeness (QED) is 0.167. The molecule has 19 nitrogen and oxygen atoms in total. The highest BCUT2D eigenvalue weighted by molar-refractivity contribution is 8.07. The fourth-order valence-corrected chi connectivity index (χ4v) is 8.04. The summed E-state index contributed by atoms with van der Waals surface area (Å²) in [6.45, 7) is -9.52. The summed E-state index contributed by atoms with van der Waals surface area (Å²) in [5.41, 5.74) is 12.6. The number of fused-ring (bicyclic) bond motifs is 5. The molecule has 0 amide bonds. The highest BCUT2D eigenvalue weighted by Crippen LogP contribution is 2.54. The minimum absolute atomic E-state index is 0.0682. The Balaban J connectivity index is 1.20. The van der Waals surface area contributed by atoms with Crippen molar-refractivity contribution < 1.29 is 46.9 Å². The lowest BCUT2D eigenvalue weighted by Gasteiger charge is -2.27. The van der Waals surface area contributed by atoms with Gasteiger partial charge in [0.25, 0.3) is 0 Å². The van der Waals surface area contributed by atoms with Crippen LogP contribution in [0, 0.1) is 0 Å². The molecular weight excluding hydrogens is 669 g/mol. The van der Waals surface area contributed by atoms with Crippen molar-refractivity contribution in [3.63, 3.8) is 0 Å². The fraction of sp³-hybridized carbons (Fsp3) is 0.500. The molecule has 0 saturated carbocycles. The molecule has 7 heterocycles. The van der Waals surface area contributed by atoms with Crippen molar-refractivity contribution in [2.24, 2.45) is 0 Å². The molecule has 7 rings (SSSR count). The van der Waals surface area contributed by atoms with Gasteiger partial charge in [-0.2, -0.15) is 0 Å². The second kappa shape index (κ2) is 11.1. The van der Waals surface area contributed by atoms with E-state index in [0.29, 0.717) is 0 Å². The van der Waals surface area contributed by atoms with Gasteiger partial charge in [-0.15, -0.1) is 0 Å². The number of nitrogen functional groups attached to an aromatic ring is 2. The summed E-state index contributed by atoms with van der Waals surface area (Å²) in [6.07, 6.45) is -6.53. The van der Waals surface area contributed by atoms with Gasteiger partial charge in [0.1, 0.15) is 54.2 Å². The van der Waals surface area contributed by atoms with Gasteiger partial charge in [-0.1, -0.05) is 0 Å². The fourth-order valence-electron chi connectivity index (χ4n) is 5.19. The number of aliphatic hydroxyl groups excluding tert-OH is 1. The van der Waals surface area contributed by atoms with E-state index in [4.69, 9.17) is 62.6 Å². The van der Waals surface area contributed by atoms with Crippen LogP contribution in [0.15, 0.2) is 25.3 Å². The molecule has 3 aliphatic rings. The van der Waals surface area contributed by atoms with Gasteiger partial charge in [-0.25, -0.2) is 34.3 Å². The predicted octanol–water partition coefficient (Wildman–Crippen LogP) is -0.425. The maximum Gasteiger partial charge on any atom is 0.325 e. The molecule has 0 spiro atoms. The van der Waals surface area contributed by atoms with Gasteiger partial charge in [0, 0.05) is 0 Å². The molecular formula is C20H23FN10O9P2S2. The third-order valence-electron chi connectivity index (χ3n) is 7.22. The van der Waals surface area contributed by atoms with E-state index in [-0.39, 0.29) is 34.0 Å². The minimum Gasteiger partial charge on any atom is -0.387 e. The van der Waals surface area contributed by atoms with Gasteiger partial charge in [0.15, 0.2) is 41.6 Å². The average molecular weight is 693 g/mol. The van der Waals surface area contributed by atoms with Crippen molar-refractivity contribution in [3.05, 3.63) is 25.3 Å². The maximum atomic E-state index is 16.0. The van der Waals surface area contributed by atoms with Gasteiger partial charge < -0.3 is 44.9 Å². The first-order valence-electron chi connectivity index (χ1n) is 12.7. The van der Waals surface area contributed by atoms with E-state index in [0.717, 1.165) is 0 Å². The van der Waals surface area contributed by atoms with Gasteiger partial charge in [0.2, 0.25) is 0 Å². The summed E-state index contributed by atoms with van der Waals surface area (Å²) in [6, 6.07) is 0. The van der Waals surface area contributed by atoms with Crippen LogP contribution in [0.4, 0.5) is 16.0 Å². The number of alkyl halides is 1. The normalized spacial score (nSPS) is 38.3. The molecule has 3 aliphatic heterocycles. The molecule has 2 bridgehead atoms. The lowest BCUT2D eigenvalue weighted by atomic mass is 10.1. The van der Waals surface area contributed by atoms with Crippen LogP contribution >= 0.6 is 13.4 Å². The zero-order valence-electron chi connectivity index (χ0n) is 22.0. The van der Waals surface area contributed by atoms with Crippen LogP contribution in [0.5, 0.6) is 0 Å². The standard InChI is InChI=1S/C20H23FN10O9P2S2/c21-9-13-8(38-19(9)30-5-28-10-15(22)24-3-26-17(10)30)2-36-42(34,44)40-14-12(32)7(1-35-41(33,43)39-13)37-20(14)31-6-29-11-16(23)25-4-27-18(11)31/h3-9,12-14,19-20,32H,1-2H2,(H,33,43)(H,34,44)(H2,22,24,26)(H2,23,25,27)/t7-,8-,9-,12?,13-,14-,19-,20-,41?,42?/m1/s1. The summed E-state index contributed by atoms with van der Waals surface area (Å²) in [7, 11) is 0. The zero-order chi connectivity index (χ0) is 31.0. The van der Waals surface area contributed by atoms with Gasteiger partial charge in [-0.3, -0.25) is 18.2 Å². The number of imidazole rings is 2. The Bertz CT molecular complexity index is 1840. The highest BCUT2D eigenvalue weighted by Gasteiger charge is 2.53. The number of hydrogen-bond acceptors (Lipinski definition) is 17. The summed E-state index contributed by atoms with van der Waals surface area (Å²) in [4.78, 5) is 46.4. The summed E-state index contributed by atoms with van der Waals surface area (Å²) < 4.78 is 53.0. The number of aromatic nitrogens is 8. The van der Waals surface area contributed by atoms with Crippen molar-refractivity contribution in [2.45, 2.75) is 49.1 Å². The van der Waals surface area contributed by atoms with Crippen LogP contribution in [0.2, 0.25) is 0 Å². The third kappa shape index (κ3) is 5.28. The Kier molecular flexibility index (Phi) is 7.64. The smallest absolute Gasteiger partial charge is 0.325 e. The number of aliphatic hydroxyl groups is 1. The van der Waals surface area contributed by atoms with Crippen molar-refractivity contribution in [1.82, 2.24) is 39.0 Å². The van der Waals surface area contributed by atoms with Crippen molar-refractivity contribution in [2.75, 3.05) is 24.7 Å². The maximum absolute atomic E-state index is 16.0. The van der Waals surface area contributed by atoms with Crippen molar-refractivity contribution in [1.29, 1.82) is 0 Å². The first-order chi connectivity index (χ1) is 20.9. The second-order valence-electron chi connectivity index (χ2n) is 9.90. The van der Waals surface area contributed by atoms with E-state index in [1.54, 1.807) is 0 Å². The third-order valence-corrected chi connectivity index (χ3v) is 10.3. The van der Waals surface area contributed by atoms with Crippen LogP contribution in [0.3, 0.4) is 0 Å². The van der Waals surface area contributed by atoms with Gasteiger partial charge in [0.05, 0.1) is 25.9 Å². The molecule has 236 valence electrons. The molecule has 3 fully saturated rings. The van der Waals surface area contributed by atoms with E-state index < -0.39 is 75.8 Å². The lowest BCUT2D eigenvalue weighted by Crippen LogP contribution is -2.35. The summed E-state index contributed by atoms with van der Waals surface area (Å²) in [5, 5.41) is 11.1. The molecule has 7 N–H and O–H groups in total. The number of anilines is 2. The Hall–Kier alpha value is -2.43.